The molecule has 2 aliphatic rings. The summed E-state index contributed by atoms with van der Waals surface area (Å²) in [6, 6.07) is 5.80. The molecule has 0 aliphatic carbocycles. The SMILES string of the molecule is O=C1CN(CCc2ccc3c(c2)OCCO3)CC(=O)O1. The molecule has 0 atom stereocenters. The molecule has 0 aromatic heterocycles. The van der Waals surface area contributed by atoms with Crippen LogP contribution in [0.3, 0.4) is 0 Å². The molecule has 0 saturated carbocycles. The summed E-state index contributed by atoms with van der Waals surface area (Å²) < 4.78 is 15.5. The topological polar surface area (TPSA) is 65.1 Å². The Morgan fingerprint density at radius 3 is 2.45 bits per heavy atom. The number of nitrogens with zero attached hydrogens (tertiary/aromatic N) is 1. The molecule has 1 saturated heterocycles. The maximum atomic E-state index is 11.2. The fraction of sp³-hybridized carbons (Fsp3) is 0.429. The van der Waals surface area contributed by atoms with Crippen LogP contribution >= 0.6 is 0 Å². The van der Waals surface area contributed by atoms with Crippen LogP contribution in [0.1, 0.15) is 5.56 Å². The molecule has 6 heteroatoms. The molecule has 0 unspecified atom stereocenters. The predicted molar refractivity (Wildman–Crippen MR) is 68.7 cm³/mol. The lowest BCUT2D eigenvalue weighted by atomic mass is 10.1. The third-order valence-electron chi connectivity index (χ3n) is 3.26. The number of rotatable bonds is 3. The van der Waals surface area contributed by atoms with E-state index in [1.807, 2.05) is 18.2 Å². The Kier molecular flexibility index (Phi) is 3.56. The van der Waals surface area contributed by atoms with E-state index in [1.54, 1.807) is 4.90 Å². The maximum absolute atomic E-state index is 11.2. The van der Waals surface area contributed by atoms with Crippen molar-refractivity contribution in [3.05, 3.63) is 23.8 Å². The molecule has 2 heterocycles. The van der Waals surface area contributed by atoms with E-state index in [-0.39, 0.29) is 13.1 Å². The van der Waals surface area contributed by atoms with Crippen LogP contribution in [0.5, 0.6) is 11.5 Å². The van der Waals surface area contributed by atoms with Crippen LogP contribution in [0.4, 0.5) is 0 Å². The second-order valence-electron chi connectivity index (χ2n) is 4.78. The molecular formula is C14H15NO5. The number of morpholine rings is 1. The monoisotopic (exact) mass is 277 g/mol. The number of esters is 2. The minimum atomic E-state index is -0.483. The van der Waals surface area contributed by atoms with Gasteiger partial charge in [-0.05, 0) is 24.1 Å². The summed E-state index contributed by atoms with van der Waals surface area (Å²) in [5.41, 5.74) is 1.08. The van der Waals surface area contributed by atoms with Gasteiger partial charge in [-0.3, -0.25) is 14.5 Å². The molecule has 0 bridgehead atoms. The summed E-state index contributed by atoms with van der Waals surface area (Å²) in [5.74, 6) is 0.548. The van der Waals surface area contributed by atoms with Crippen molar-refractivity contribution in [2.45, 2.75) is 6.42 Å². The summed E-state index contributed by atoms with van der Waals surface area (Å²) in [5, 5.41) is 0. The van der Waals surface area contributed by atoms with Crippen LogP contribution in [-0.4, -0.2) is 49.7 Å². The zero-order valence-electron chi connectivity index (χ0n) is 11.0. The Balaban J connectivity index is 1.60. The van der Waals surface area contributed by atoms with Crippen molar-refractivity contribution in [3.8, 4) is 11.5 Å². The average molecular weight is 277 g/mol. The minimum Gasteiger partial charge on any atom is -0.486 e. The third-order valence-corrected chi connectivity index (χ3v) is 3.26. The normalized spacial score (nSPS) is 18.8. The Labute approximate surface area is 116 Å². The molecule has 1 aromatic rings. The van der Waals surface area contributed by atoms with E-state index in [0.717, 1.165) is 23.5 Å². The number of cyclic esters (lactones) is 2. The van der Waals surface area contributed by atoms with Gasteiger partial charge in [-0.1, -0.05) is 6.07 Å². The number of fused-ring (bicyclic) bond motifs is 1. The first-order chi connectivity index (χ1) is 9.70. The van der Waals surface area contributed by atoms with Crippen LogP contribution in [0.25, 0.3) is 0 Å². The van der Waals surface area contributed by atoms with Gasteiger partial charge in [-0.2, -0.15) is 0 Å². The van der Waals surface area contributed by atoms with Crippen molar-refractivity contribution >= 4 is 11.9 Å². The van der Waals surface area contributed by atoms with E-state index < -0.39 is 11.9 Å². The lowest BCUT2D eigenvalue weighted by Crippen LogP contribution is -2.43. The van der Waals surface area contributed by atoms with Gasteiger partial charge in [-0.25, -0.2) is 0 Å². The molecule has 2 aliphatic heterocycles. The third kappa shape index (κ3) is 2.91. The predicted octanol–water partition coefficient (Wildman–Crippen LogP) is 0.386. The van der Waals surface area contributed by atoms with Crippen molar-refractivity contribution in [1.82, 2.24) is 4.90 Å². The van der Waals surface area contributed by atoms with Gasteiger partial charge >= 0.3 is 11.9 Å². The molecule has 0 radical (unpaired) electrons. The zero-order valence-corrected chi connectivity index (χ0v) is 11.0. The second-order valence-corrected chi connectivity index (χ2v) is 4.78. The molecule has 1 aromatic carbocycles. The minimum absolute atomic E-state index is 0.163. The summed E-state index contributed by atoms with van der Waals surface area (Å²) in [6.07, 6.45) is 0.733. The van der Waals surface area contributed by atoms with Gasteiger partial charge in [0.1, 0.15) is 13.2 Å². The molecule has 0 N–H and O–H groups in total. The average Bonchev–Trinajstić information content (AvgIpc) is 2.44. The summed E-state index contributed by atoms with van der Waals surface area (Å²) in [7, 11) is 0. The summed E-state index contributed by atoms with van der Waals surface area (Å²) >= 11 is 0. The fourth-order valence-corrected chi connectivity index (χ4v) is 2.30. The molecule has 0 spiro atoms. The number of carbonyl (C=O) groups excluding carboxylic acids is 2. The molecule has 3 rings (SSSR count). The highest BCUT2D eigenvalue weighted by Crippen LogP contribution is 2.30. The number of hydrogen-bond donors (Lipinski definition) is 0. The van der Waals surface area contributed by atoms with Crippen molar-refractivity contribution in [3.63, 3.8) is 0 Å². The summed E-state index contributed by atoms with van der Waals surface area (Å²) in [6.45, 7) is 2.08. The van der Waals surface area contributed by atoms with Crippen LogP contribution in [0.2, 0.25) is 0 Å². The highest BCUT2D eigenvalue weighted by atomic mass is 16.6. The number of carbonyl (C=O) groups is 2. The largest absolute Gasteiger partial charge is 0.486 e. The van der Waals surface area contributed by atoms with Crippen molar-refractivity contribution in [2.75, 3.05) is 32.8 Å². The lowest BCUT2D eigenvalue weighted by Gasteiger charge is -2.24. The smallest absolute Gasteiger partial charge is 0.327 e. The standard InChI is InChI=1S/C14H15NO5/c16-13-8-15(9-14(17)20-13)4-3-10-1-2-11-12(7-10)19-6-5-18-11/h1-2,7H,3-6,8-9H2. The van der Waals surface area contributed by atoms with Crippen LogP contribution < -0.4 is 9.47 Å². The van der Waals surface area contributed by atoms with E-state index >= 15 is 0 Å². The van der Waals surface area contributed by atoms with E-state index in [1.165, 1.54) is 0 Å². The first kappa shape index (κ1) is 12.9. The highest BCUT2D eigenvalue weighted by molar-refractivity contribution is 5.90. The van der Waals surface area contributed by atoms with Gasteiger partial charge < -0.3 is 14.2 Å². The van der Waals surface area contributed by atoms with Crippen LogP contribution in [-0.2, 0) is 20.7 Å². The van der Waals surface area contributed by atoms with Gasteiger partial charge in [0.2, 0.25) is 0 Å². The highest BCUT2D eigenvalue weighted by Gasteiger charge is 2.24. The Morgan fingerprint density at radius 1 is 1.00 bits per heavy atom. The van der Waals surface area contributed by atoms with Gasteiger partial charge in [-0.15, -0.1) is 0 Å². The van der Waals surface area contributed by atoms with Crippen LogP contribution in [0.15, 0.2) is 18.2 Å². The zero-order chi connectivity index (χ0) is 13.9. The molecule has 0 amide bonds. The molecule has 6 nitrogen and oxygen atoms in total. The Morgan fingerprint density at radius 2 is 1.70 bits per heavy atom. The second kappa shape index (κ2) is 5.50. The number of hydrogen-bond acceptors (Lipinski definition) is 6. The molecular weight excluding hydrogens is 262 g/mol. The molecule has 106 valence electrons. The van der Waals surface area contributed by atoms with Crippen molar-refractivity contribution < 1.29 is 23.8 Å². The van der Waals surface area contributed by atoms with Crippen molar-refractivity contribution in [1.29, 1.82) is 0 Å². The summed E-state index contributed by atoms with van der Waals surface area (Å²) in [4.78, 5) is 24.1. The van der Waals surface area contributed by atoms with Gasteiger partial charge in [0.15, 0.2) is 11.5 Å². The van der Waals surface area contributed by atoms with Gasteiger partial charge in [0.05, 0.1) is 13.1 Å². The van der Waals surface area contributed by atoms with E-state index in [4.69, 9.17) is 9.47 Å². The quantitative estimate of drug-likeness (QED) is 0.588. The van der Waals surface area contributed by atoms with Crippen molar-refractivity contribution in [2.24, 2.45) is 0 Å². The molecule has 20 heavy (non-hydrogen) atoms. The fourth-order valence-electron chi connectivity index (χ4n) is 2.30. The van der Waals surface area contributed by atoms with Gasteiger partial charge in [0.25, 0.3) is 0 Å². The lowest BCUT2D eigenvalue weighted by molar-refractivity contribution is -0.166. The number of benzene rings is 1. The Hall–Kier alpha value is -2.08. The first-order valence-electron chi connectivity index (χ1n) is 6.55. The van der Waals surface area contributed by atoms with Crippen LogP contribution in [0, 0.1) is 0 Å². The van der Waals surface area contributed by atoms with E-state index in [0.29, 0.717) is 19.8 Å². The number of ether oxygens (including phenoxy) is 3. The Bertz CT molecular complexity index is 526. The maximum Gasteiger partial charge on any atom is 0.327 e. The molecule has 1 fully saturated rings. The van der Waals surface area contributed by atoms with E-state index in [2.05, 4.69) is 4.74 Å². The van der Waals surface area contributed by atoms with E-state index in [9.17, 15) is 9.59 Å². The first-order valence-corrected chi connectivity index (χ1v) is 6.55. The van der Waals surface area contributed by atoms with Gasteiger partial charge in [0, 0.05) is 6.54 Å².